The van der Waals surface area contributed by atoms with Crippen molar-refractivity contribution in [3.63, 3.8) is 0 Å². The van der Waals surface area contributed by atoms with Crippen molar-refractivity contribution in [3.05, 3.63) is 42.2 Å². The summed E-state index contributed by atoms with van der Waals surface area (Å²) in [7, 11) is 1.98. The Morgan fingerprint density at radius 1 is 1.39 bits per heavy atom. The maximum atomic E-state index is 12.3. The van der Waals surface area contributed by atoms with Crippen LogP contribution in [-0.4, -0.2) is 58.6 Å². The molecular weight excluding hydrogens is 294 g/mol. The van der Waals surface area contributed by atoms with E-state index < -0.39 is 6.10 Å². The molecular formula is C16H21N5O2. The Balaban J connectivity index is 1.63. The summed E-state index contributed by atoms with van der Waals surface area (Å²) in [6.07, 6.45) is 1.40. The molecule has 3 rings (SSSR count). The van der Waals surface area contributed by atoms with E-state index in [2.05, 4.69) is 20.5 Å². The van der Waals surface area contributed by atoms with Crippen LogP contribution < -0.4 is 5.32 Å². The number of likely N-dealkylation sites (N-methyl/N-ethyl adjacent to an activating group) is 1. The zero-order valence-electron chi connectivity index (χ0n) is 13.3. The van der Waals surface area contributed by atoms with Crippen LogP contribution in [0.1, 0.15) is 18.7 Å². The molecule has 0 spiro atoms. The molecule has 1 N–H and O–H groups in total. The molecule has 1 fully saturated rings. The molecule has 2 aromatic rings. The zero-order chi connectivity index (χ0) is 16.2. The van der Waals surface area contributed by atoms with Crippen molar-refractivity contribution in [3.8, 4) is 5.69 Å². The number of nitrogens with zero attached hydrogens (tertiary/aromatic N) is 4. The molecule has 7 heteroatoms. The smallest absolute Gasteiger partial charge is 0.250 e. The minimum Gasteiger partial charge on any atom is -0.366 e. The summed E-state index contributed by atoms with van der Waals surface area (Å²) in [5.41, 5.74) is 1.65. The number of hydrogen-bond acceptors (Lipinski definition) is 5. The van der Waals surface area contributed by atoms with E-state index >= 15 is 0 Å². The molecule has 2 heterocycles. The van der Waals surface area contributed by atoms with Gasteiger partial charge < -0.3 is 15.0 Å². The molecule has 23 heavy (non-hydrogen) atoms. The molecule has 1 aliphatic heterocycles. The lowest BCUT2D eigenvalue weighted by Crippen LogP contribution is -2.48. The number of rotatable bonds is 4. The average Bonchev–Trinajstić information content (AvgIpc) is 3.06. The number of ether oxygens (including phenoxy) is 1. The predicted octanol–water partition coefficient (Wildman–Crippen LogP) is 0.775. The van der Waals surface area contributed by atoms with Gasteiger partial charge in [0.25, 0.3) is 5.91 Å². The van der Waals surface area contributed by atoms with Crippen LogP contribution in [0.25, 0.3) is 5.69 Å². The Bertz CT molecular complexity index is 658. The lowest BCUT2D eigenvalue weighted by molar-refractivity contribution is -0.138. The average molecular weight is 315 g/mol. The zero-order valence-corrected chi connectivity index (χ0v) is 13.3. The summed E-state index contributed by atoms with van der Waals surface area (Å²) in [6, 6.07) is 9.51. The Labute approximate surface area is 135 Å². The van der Waals surface area contributed by atoms with Crippen molar-refractivity contribution in [1.82, 2.24) is 25.2 Å². The molecule has 1 aliphatic rings. The largest absolute Gasteiger partial charge is 0.366 e. The number of carbonyl (C=O) groups is 1. The summed E-state index contributed by atoms with van der Waals surface area (Å²) in [6.45, 7) is 3.93. The van der Waals surface area contributed by atoms with E-state index in [0.717, 1.165) is 12.2 Å². The van der Waals surface area contributed by atoms with Crippen LogP contribution in [0.15, 0.2) is 36.5 Å². The van der Waals surface area contributed by atoms with Gasteiger partial charge in [-0.2, -0.15) is 0 Å². The van der Waals surface area contributed by atoms with Gasteiger partial charge in [-0.1, -0.05) is 23.4 Å². The van der Waals surface area contributed by atoms with Crippen molar-refractivity contribution in [1.29, 1.82) is 0 Å². The fourth-order valence-electron chi connectivity index (χ4n) is 2.50. The highest BCUT2D eigenvalue weighted by Gasteiger charge is 2.26. The lowest BCUT2D eigenvalue weighted by Gasteiger charge is -2.29. The van der Waals surface area contributed by atoms with Crippen LogP contribution in [0.2, 0.25) is 0 Å². The first-order valence-corrected chi connectivity index (χ1v) is 7.71. The first kappa shape index (κ1) is 15.6. The van der Waals surface area contributed by atoms with Crippen LogP contribution in [0.4, 0.5) is 0 Å². The minimum atomic E-state index is -0.430. The third-order valence-corrected chi connectivity index (χ3v) is 3.90. The standard InChI is InChI=1S/C16H21N5O2/c1-12(17-16(22)15-11-20(2)8-9-23-15)14-10-21(19-18-14)13-6-4-3-5-7-13/h3-7,10,12,15H,8-9,11H2,1-2H3,(H,17,22)/t12-,15+/m1/s1. The molecule has 1 aromatic carbocycles. The van der Waals surface area contributed by atoms with Crippen molar-refractivity contribution in [2.24, 2.45) is 0 Å². The van der Waals surface area contributed by atoms with Crippen molar-refractivity contribution in [2.45, 2.75) is 19.1 Å². The lowest BCUT2D eigenvalue weighted by atomic mass is 10.2. The Kier molecular flexibility index (Phi) is 4.68. The van der Waals surface area contributed by atoms with Gasteiger partial charge in [-0.3, -0.25) is 4.79 Å². The second-order valence-corrected chi connectivity index (χ2v) is 5.78. The molecule has 2 atom stereocenters. The molecule has 0 saturated carbocycles. The summed E-state index contributed by atoms with van der Waals surface area (Å²) < 4.78 is 7.22. The Morgan fingerprint density at radius 2 is 2.17 bits per heavy atom. The maximum Gasteiger partial charge on any atom is 0.250 e. The molecule has 0 aliphatic carbocycles. The van der Waals surface area contributed by atoms with Gasteiger partial charge in [-0.25, -0.2) is 4.68 Å². The fourth-order valence-corrected chi connectivity index (χ4v) is 2.50. The van der Waals surface area contributed by atoms with Crippen LogP contribution in [0, 0.1) is 0 Å². The van der Waals surface area contributed by atoms with Crippen LogP contribution in [-0.2, 0) is 9.53 Å². The highest BCUT2D eigenvalue weighted by molar-refractivity contribution is 5.81. The van der Waals surface area contributed by atoms with Crippen molar-refractivity contribution in [2.75, 3.05) is 26.7 Å². The van der Waals surface area contributed by atoms with E-state index in [-0.39, 0.29) is 11.9 Å². The van der Waals surface area contributed by atoms with Gasteiger partial charge in [-0.05, 0) is 26.1 Å². The minimum absolute atomic E-state index is 0.113. The Morgan fingerprint density at radius 3 is 2.91 bits per heavy atom. The van der Waals surface area contributed by atoms with Crippen LogP contribution in [0.5, 0.6) is 0 Å². The second kappa shape index (κ2) is 6.89. The normalized spacial score (nSPS) is 20.2. The molecule has 7 nitrogen and oxygen atoms in total. The topological polar surface area (TPSA) is 72.3 Å². The number of carbonyl (C=O) groups excluding carboxylic acids is 1. The molecule has 1 saturated heterocycles. The molecule has 0 radical (unpaired) electrons. The number of hydrogen-bond donors (Lipinski definition) is 1. The SMILES string of the molecule is C[C@@H](NC(=O)[C@@H]1CN(C)CCO1)c1cn(-c2ccccc2)nn1. The predicted molar refractivity (Wildman–Crippen MR) is 85.2 cm³/mol. The van der Waals surface area contributed by atoms with E-state index in [1.165, 1.54) is 0 Å². The first-order valence-electron chi connectivity index (χ1n) is 7.71. The van der Waals surface area contributed by atoms with Crippen LogP contribution >= 0.6 is 0 Å². The first-order chi connectivity index (χ1) is 11.1. The fraction of sp³-hybridized carbons (Fsp3) is 0.438. The summed E-state index contributed by atoms with van der Waals surface area (Å²) in [5, 5.41) is 11.2. The number of nitrogens with one attached hydrogen (secondary N) is 1. The van der Waals surface area contributed by atoms with E-state index in [1.807, 2.05) is 50.5 Å². The molecule has 122 valence electrons. The summed E-state index contributed by atoms with van der Waals surface area (Å²) in [5.74, 6) is -0.113. The molecule has 0 unspecified atom stereocenters. The highest BCUT2D eigenvalue weighted by Crippen LogP contribution is 2.13. The van der Waals surface area contributed by atoms with E-state index in [9.17, 15) is 4.79 Å². The number of para-hydroxylation sites is 1. The third kappa shape index (κ3) is 3.75. The van der Waals surface area contributed by atoms with Gasteiger partial charge in [0.2, 0.25) is 0 Å². The molecule has 0 bridgehead atoms. The summed E-state index contributed by atoms with van der Waals surface area (Å²) in [4.78, 5) is 14.4. The van der Waals surface area contributed by atoms with Gasteiger partial charge >= 0.3 is 0 Å². The van der Waals surface area contributed by atoms with E-state index in [1.54, 1.807) is 4.68 Å². The summed E-state index contributed by atoms with van der Waals surface area (Å²) >= 11 is 0. The van der Waals surface area contributed by atoms with Crippen LogP contribution in [0.3, 0.4) is 0 Å². The van der Waals surface area contributed by atoms with E-state index in [0.29, 0.717) is 18.8 Å². The second-order valence-electron chi connectivity index (χ2n) is 5.78. The van der Waals surface area contributed by atoms with Gasteiger partial charge in [0.15, 0.2) is 0 Å². The number of amides is 1. The van der Waals surface area contributed by atoms with Gasteiger partial charge in [0.05, 0.1) is 24.5 Å². The van der Waals surface area contributed by atoms with Gasteiger partial charge in [0.1, 0.15) is 11.8 Å². The van der Waals surface area contributed by atoms with Gasteiger partial charge in [0, 0.05) is 13.1 Å². The maximum absolute atomic E-state index is 12.3. The quantitative estimate of drug-likeness (QED) is 0.902. The Hall–Kier alpha value is -2.25. The number of morpholine rings is 1. The number of benzene rings is 1. The highest BCUT2D eigenvalue weighted by atomic mass is 16.5. The third-order valence-electron chi connectivity index (χ3n) is 3.90. The van der Waals surface area contributed by atoms with Crippen molar-refractivity contribution >= 4 is 5.91 Å². The van der Waals surface area contributed by atoms with E-state index in [4.69, 9.17) is 4.74 Å². The number of aromatic nitrogens is 3. The monoisotopic (exact) mass is 315 g/mol. The molecule has 1 amide bonds. The van der Waals surface area contributed by atoms with Crippen molar-refractivity contribution < 1.29 is 9.53 Å². The molecule has 1 aromatic heterocycles. The van der Waals surface area contributed by atoms with Gasteiger partial charge in [-0.15, -0.1) is 5.10 Å².